The Bertz CT molecular complexity index is 2220. The van der Waals surface area contributed by atoms with Crippen LogP contribution < -0.4 is 21.6 Å². The Labute approximate surface area is 223 Å². The number of halogens is 2. The van der Waals surface area contributed by atoms with Crippen LogP contribution in [0, 0.1) is 11.6 Å². The van der Waals surface area contributed by atoms with Crippen LogP contribution in [-0.2, 0) is 0 Å². The zero-order valence-corrected chi connectivity index (χ0v) is 21.1. The number of carbonyl (C=O) groups excluding carboxylic acids is 1. The van der Waals surface area contributed by atoms with E-state index in [9.17, 15) is 28.0 Å². The molecular weight excluding hydrogens is 520 g/mol. The van der Waals surface area contributed by atoms with Gasteiger partial charge in [-0.1, -0.05) is 24.3 Å². The van der Waals surface area contributed by atoms with Gasteiger partial charge in [-0.15, -0.1) is 0 Å². The van der Waals surface area contributed by atoms with Gasteiger partial charge in [-0.05, 0) is 44.1 Å². The number of hydrogen-bond acceptors (Lipinski definition) is 6. The summed E-state index contributed by atoms with van der Waals surface area (Å²) in [6.45, 7) is 2.82. The van der Waals surface area contributed by atoms with Crippen LogP contribution >= 0.6 is 0 Å². The average Bonchev–Trinajstić information content (AvgIpc) is 3.48. The van der Waals surface area contributed by atoms with Gasteiger partial charge in [0.1, 0.15) is 11.1 Å². The van der Waals surface area contributed by atoms with E-state index in [1.807, 2.05) is 0 Å². The summed E-state index contributed by atoms with van der Waals surface area (Å²) in [5.41, 5.74) is -2.31. The fraction of sp³-hybridized carbons (Fsp3) is 0.200. The van der Waals surface area contributed by atoms with E-state index in [4.69, 9.17) is 4.42 Å². The molecule has 7 rings (SSSR count). The van der Waals surface area contributed by atoms with Gasteiger partial charge in [-0.2, -0.15) is 4.39 Å². The number of amides is 1. The van der Waals surface area contributed by atoms with Crippen molar-refractivity contribution >= 4 is 55.0 Å². The highest BCUT2D eigenvalue weighted by atomic mass is 19.2. The molecule has 2 aromatic heterocycles. The fourth-order valence-corrected chi connectivity index (χ4v) is 5.77. The van der Waals surface area contributed by atoms with Crippen LogP contribution in [0.15, 0.2) is 67.5 Å². The summed E-state index contributed by atoms with van der Waals surface area (Å²) < 4.78 is 36.7. The van der Waals surface area contributed by atoms with Crippen molar-refractivity contribution in [3.8, 4) is 0 Å². The van der Waals surface area contributed by atoms with Crippen LogP contribution in [0.2, 0.25) is 0 Å². The zero-order chi connectivity index (χ0) is 27.7. The van der Waals surface area contributed by atoms with E-state index in [0.29, 0.717) is 13.1 Å². The zero-order valence-electron chi connectivity index (χ0n) is 21.1. The predicted molar refractivity (Wildman–Crippen MR) is 148 cm³/mol. The largest absolute Gasteiger partial charge is 0.450 e. The van der Waals surface area contributed by atoms with Gasteiger partial charge in [0, 0.05) is 40.8 Å². The summed E-state index contributed by atoms with van der Waals surface area (Å²) in [6.07, 6.45) is 3.44. The lowest BCUT2D eigenvalue weighted by atomic mass is 10.0. The molecule has 6 aromatic rings. The maximum atomic E-state index is 15.0. The quantitative estimate of drug-likeness (QED) is 0.270. The molecule has 1 fully saturated rings. The van der Waals surface area contributed by atoms with Crippen molar-refractivity contribution < 1.29 is 18.0 Å². The van der Waals surface area contributed by atoms with Crippen molar-refractivity contribution in [2.45, 2.75) is 12.8 Å². The van der Waals surface area contributed by atoms with Gasteiger partial charge in [-0.3, -0.25) is 19.2 Å². The number of pyridine rings is 1. The molecule has 10 heteroatoms. The number of aromatic nitrogens is 1. The summed E-state index contributed by atoms with van der Waals surface area (Å²) in [4.78, 5) is 55.3. The van der Waals surface area contributed by atoms with Crippen LogP contribution in [0.5, 0.6) is 0 Å². The first-order valence-corrected chi connectivity index (χ1v) is 13.0. The third kappa shape index (κ3) is 3.52. The number of benzene rings is 4. The number of hydrogen-bond donors (Lipinski definition) is 1. The van der Waals surface area contributed by atoms with Crippen molar-refractivity contribution in [2.75, 3.05) is 26.2 Å². The number of rotatable bonds is 4. The molecule has 1 aliphatic rings. The van der Waals surface area contributed by atoms with Crippen LogP contribution in [0.1, 0.15) is 23.2 Å². The number of fused-ring (bicyclic) bond motifs is 4. The maximum Gasteiger partial charge on any atom is 0.256 e. The highest BCUT2D eigenvalue weighted by Crippen LogP contribution is 2.31. The van der Waals surface area contributed by atoms with Crippen molar-refractivity contribution in [2.24, 2.45) is 0 Å². The molecule has 1 aliphatic heterocycles. The molecule has 0 radical (unpaired) electrons. The number of nitrogens with one attached hydrogen (secondary N) is 1. The molecule has 4 aromatic carbocycles. The van der Waals surface area contributed by atoms with E-state index < -0.39 is 34.0 Å². The topological polar surface area (TPSA) is 101 Å². The first kappa shape index (κ1) is 24.3. The molecule has 1 amide bonds. The molecule has 0 bridgehead atoms. The lowest BCUT2D eigenvalue weighted by Gasteiger charge is -2.16. The Morgan fingerprint density at radius 3 is 2.25 bits per heavy atom. The second-order valence-corrected chi connectivity index (χ2v) is 10.1. The monoisotopic (exact) mass is 541 g/mol. The molecule has 40 heavy (non-hydrogen) atoms. The third-order valence-electron chi connectivity index (χ3n) is 7.77. The van der Waals surface area contributed by atoms with E-state index in [0.717, 1.165) is 32.0 Å². The Morgan fingerprint density at radius 2 is 1.55 bits per heavy atom. The first-order valence-electron chi connectivity index (χ1n) is 13.0. The van der Waals surface area contributed by atoms with Crippen molar-refractivity contribution in [3.05, 3.63) is 96.5 Å². The van der Waals surface area contributed by atoms with Crippen LogP contribution in [0.4, 0.5) is 8.78 Å². The van der Waals surface area contributed by atoms with Crippen molar-refractivity contribution in [1.29, 1.82) is 0 Å². The van der Waals surface area contributed by atoms with Gasteiger partial charge in [0.05, 0.1) is 10.9 Å². The number of nitrogens with zero attached hydrogens (tertiary/aromatic N) is 2. The van der Waals surface area contributed by atoms with Crippen LogP contribution in [0.25, 0.3) is 49.1 Å². The summed E-state index contributed by atoms with van der Waals surface area (Å²) in [6, 6.07) is 9.88. The smallest absolute Gasteiger partial charge is 0.256 e. The van der Waals surface area contributed by atoms with Gasteiger partial charge >= 0.3 is 0 Å². The van der Waals surface area contributed by atoms with E-state index in [1.165, 1.54) is 22.7 Å². The molecule has 0 atom stereocenters. The Balaban J connectivity index is 1.51. The van der Waals surface area contributed by atoms with Gasteiger partial charge in [0.2, 0.25) is 11.2 Å². The van der Waals surface area contributed by atoms with Crippen molar-refractivity contribution in [3.63, 3.8) is 0 Å². The Morgan fingerprint density at radius 1 is 0.875 bits per heavy atom. The molecule has 0 aliphatic carbocycles. The molecule has 3 heterocycles. The van der Waals surface area contributed by atoms with Crippen LogP contribution in [-0.4, -0.2) is 41.4 Å². The third-order valence-corrected chi connectivity index (χ3v) is 7.77. The number of carbonyl (C=O) groups is 1. The summed E-state index contributed by atoms with van der Waals surface area (Å²) in [5.74, 6) is -3.30. The van der Waals surface area contributed by atoms with E-state index in [2.05, 4.69) is 10.2 Å². The molecule has 0 unspecified atom stereocenters. The second kappa shape index (κ2) is 8.92. The van der Waals surface area contributed by atoms with Crippen LogP contribution in [0.3, 0.4) is 0 Å². The Kier molecular flexibility index (Phi) is 5.43. The highest BCUT2D eigenvalue weighted by Gasteiger charge is 2.24. The minimum Gasteiger partial charge on any atom is -0.450 e. The van der Waals surface area contributed by atoms with Gasteiger partial charge in [-0.25, -0.2) is 4.39 Å². The summed E-state index contributed by atoms with van der Waals surface area (Å²) in [5, 5.41) is 3.12. The average molecular weight is 542 g/mol. The number of likely N-dealkylation sites (tertiary alicyclic amines) is 1. The summed E-state index contributed by atoms with van der Waals surface area (Å²) in [7, 11) is 0. The van der Waals surface area contributed by atoms with E-state index in [1.54, 1.807) is 24.3 Å². The minimum absolute atomic E-state index is 0.0263. The van der Waals surface area contributed by atoms with E-state index in [-0.39, 0.29) is 54.5 Å². The molecule has 1 N–H and O–H groups in total. The minimum atomic E-state index is -1.32. The molecule has 8 nitrogen and oxygen atoms in total. The molecular formula is C30H21F2N3O5. The SMILES string of the molecule is O=C(NCCN1CCCC1)c1cn2c3cc4c(=O)c5ccccc5c(=O)c4cc3oc3c(F)c(F)cc(c1=O)c32. The van der Waals surface area contributed by atoms with Crippen molar-refractivity contribution in [1.82, 2.24) is 14.6 Å². The van der Waals surface area contributed by atoms with Gasteiger partial charge in [0.25, 0.3) is 5.91 Å². The molecule has 0 spiro atoms. The Hall–Kier alpha value is -4.70. The molecule has 0 saturated carbocycles. The maximum absolute atomic E-state index is 15.0. The first-order chi connectivity index (χ1) is 19.3. The van der Waals surface area contributed by atoms with Gasteiger partial charge < -0.3 is 19.0 Å². The second-order valence-electron chi connectivity index (χ2n) is 10.1. The fourth-order valence-electron chi connectivity index (χ4n) is 5.77. The standard InChI is InChI=1S/C30H21F2N3O5/c31-21-11-19-25-29(24(21)32)40-23-13-18-17(26(36)15-5-1-2-6-16(15)27(18)37)12-22(23)35(25)14-20(28(19)38)30(39)33-7-10-34-8-3-4-9-34/h1-2,5-6,11-14H,3-4,7-10H2,(H,33,39). The predicted octanol–water partition coefficient (Wildman–Crippen LogP) is 3.77. The highest BCUT2D eigenvalue weighted by molar-refractivity contribution is 6.06. The molecule has 200 valence electrons. The molecule has 1 saturated heterocycles. The normalized spacial score (nSPS) is 14.3. The summed E-state index contributed by atoms with van der Waals surface area (Å²) >= 11 is 0. The van der Waals surface area contributed by atoms with Gasteiger partial charge in [0.15, 0.2) is 27.8 Å². The van der Waals surface area contributed by atoms with E-state index >= 15 is 0 Å². The lowest BCUT2D eigenvalue weighted by Crippen LogP contribution is -2.35. The lowest BCUT2D eigenvalue weighted by molar-refractivity contribution is 0.0948.